The second kappa shape index (κ2) is 5.58. The molecule has 0 bridgehead atoms. The van der Waals surface area contributed by atoms with Crippen LogP contribution >= 0.6 is 0 Å². The molecule has 0 spiro atoms. The topological polar surface area (TPSA) is 60.2 Å². The van der Waals surface area contributed by atoms with Crippen molar-refractivity contribution in [3.63, 3.8) is 0 Å². The third-order valence-electron chi connectivity index (χ3n) is 3.30. The maximum absolute atomic E-state index is 13.8. The lowest BCUT2D eigenvalue weighted by molar-refractivity contribution is 0.320. The third kappa shape index (κ3) is 2.38. The first-order chi connectivity index (χ1) is 9.79. The van der Waals surface area contributed by atoms with Crippen LogP contribution in [-0.4, -0.2) is 23.3 Å². The van der Waals surface area contributed by atoms with Gasteiger partial charge in [0.25, 0.3) is 5.89 Å². The molecule has 1 aliphatic rings. The number of para-hydroxylation sites is 1. The fourth-order valence-electron chi connectivity index (χ4n) is 2.36. The first-order valence-corrected chi connectivity index (χ1v) is 6.78. The summed E-state index contributed by atoms with van der Waals surface area (Å²) in [6.45, 7) is 3.13. The Balaban J connectivity index is 1.94. The van der Waals surface area contributed by atoms with Gasteiger partial charge in [0.1, 0.15) is 0 Å². The van der Waals surface area contributed by atoms with Gasteiger partial charge in [0.05, 0.1) is 18.2 Å². The molecular formula is C14H16FN3O2. The van der Waals surface area contributed by atoms with E-state index in [1.165, 1.54) is 6.07 Å². The Labute approximate surface area is 116 Å². The van der Waals surface area contributed by atoms with E-state index in [4.69, 9.17) is 9.26 Å². The van der Waals surface area contributed by atoms with Crippen molar-refractivity contribution in [2.45, 2.75) is 25.8 Å². The van der Waals surface area contributed by atoms with Gasteiger partial charge in [-0.1, -0.05) is 11.2 Å². The first-order valence-electron chi connectivity index (χ1n) is 6.78. The number of nitrogens with one attached hydrogen (secondary N) is 1. The van der Waals surface area contributed by atoms with Gasteiger partial charge in [0.15, 0.2) is 17.4 Å². The summed E-state index contributed by atoms with van der Waals surface area (Å²) in [6, 6.07) is 4.79. The standard InChI is InChI=1S/C14H16FN3O2/c1-2-19-12-9(5-3-6-10(12)15)14-17-13(18-20-14)11-7-4-8-16-11/h3,5-6,11,16H,2,4,7-8H2,1H3/t11-/m0/s1. The molecule has 1 aromatic carbocycles. The molecule has 5 nitrogen and oxygen atoms in total. The molecule has 2 aromatic rings. The van der Waals surface area contributed by atoms with E-state index in [0.717, 1.165) is 19.4 Å². The van der Waals surface area contributed by atoms with Crippen LogP contribution in [0.1, 0.15) is 31.6 Å². The van der Waals surface area contributed by atoms with Crippen LogP contribution in [0.2, 0.25) is 0 Å². The number of benzene rings is 1. The molecule has 6 heteroatoms. The summed E-state index contributed by atoms with van der Waals surface area (Å²) in [6.07, 6.45) is 2.08. The van der Waals surface area contributed by atoms with E-state index in [9.17, 15) is 4.39 Å². The summed E-state index contributed by atoms with van der Waals surface area (Å²) in [5.74, 6) is 0.633. The molecular weight excluding hydrogens is 261 g/mol. The van der Waals surface area contributed by atoms with Gasteiger partial charge in [-0.25, -0.2) is 4.39 Å². The molecule has 0 unspecified atom stereocenters. The predicted molar refractivity (Wildman–Crippen MR) is 70.8 cm³/mol. The molecule has 20 heavy (non-hydrogen) atoms. The lowest BCUT2D eigenvalue weighted by Gasteiger charge is -2.07. The minimum absolute atomic E-state index is 0.122. The van der Waals surface area contributed by atoms with Gasteiger partial charge >= 0.3 is 0 Å². The monoisotopic (exact) mass is 277 g/mol. The van der Waals surface area contributed by atoms with Gasteiger partial charge in [0, 0.05) is 0 Å². The summed E-state index contributed by atoms with van der Waals surface area (Å²) < 4.78 is 24.4. The Hall–Kier alpha value is -1.95. The Morgan fingerprint density at radius 1 is 1.50 bits per heavy atom. The van der Waals surface area contributed by atoms with E-state index in [-0.39, 0.29) is 17.7 Å². The van der Waals surface area contributed by atoms with Gasteiger partial charge < -0.3 is 14.6 Å². The summed E-state index contributed by atoms with van der Waals surface area (Å²) in [4.78, 5) is 4.36. The first kappa shape index (κ1) is 13.1. The molecule has 1 N–H and O–H groups in total. The van der Waals surface area contributed by atoms with Crippen molar-refractivity contribution in [2.75, 3.05) is 13.2 Å². The zero-order valence-electron chi connectivity index (χ0n) is 11.2. The lowest BCUT2D eigenvalue weighted by Crippen LogP contribution is -2.14. The van der Waals surface area contributed by atoms with Crippen molar-refractivity contribution in [3.05, 3.63) is 29.8 Å². The Bertz CT molecular complexity index is 594. The van der Waals surface area contributed by atoms with Crippen molar-refractivity contribution in [3.8, 4) is 17.2 Å². The lowest BCUT2D eigenvalue weighted by atomic mass is 10.2. The van der Waals surface area contributed by atoms with Crippen LogP contribution in [0, 0.1) is 5.82 Å². The summed E-state index contributed by atoms with van der Waals surface area (Å²) >= 11 is 0. The van der Waals surface area contributed by atoms with Crippen molar-refractivity contribution in [1.82, 2.24) is 15.5 Å². The van der Waals surface area contributed by atoms with Crippen LogP contribution < -0.4 is 10.1 Å². The van der Waals surface area contributed by atoms with Crippen LogP contribution in [-0.2, 0) is 0 Å². The number of hydrogen-bond donors (Lipinski definition) is 1. The molecule has 1 atom stereocenters. The molecule has 0 amide bonds. The number of aromatic nitrogens is 2. The summed E-state index contributed by atoms with van der Waals surface area (Å²) in [5, 5.41) is 7.28. The van der Waals surface area contributed by atoms with Gasteiger partial charge in [-0.2, -0.15) is 4.98 Å². The molecule has 1 saturated heterocycles. The predicted octanol–water partition coefficient (Wildman–Crippen LogP) is 2.70. The van der Waals surface area contributed by atoms with E-state index in [2.05, 4.69) is 15.5 Å². The minimum Gasteiger partial charge on any atom is -0.490 e. The summed E-state index contributed by atoms with van der Waals surface area (Å²) in [5.41, 5.74) is 0.489. The Morgan fingerprint density at radius 2 is 2.40 bits per heavy atom. The second-order valence-electron chi connectivity index (χ2n) is 4.66. The average Bonchev–Trinajstić information content (AvgIpc) is 3.11. The molecule has 1 aromatic heterocycles. The quantitative estimate of drug-likeness (QED) is 0.931. The van der Waals surface area contributed by atoms with Gasteiger partial charge in [-0.05, 0) is 38.4 Å². The number of nitrogens with zero attached hydrogens (tertiary/aromatic N) is 2. The van der Waals surface area contributed by atoms with E-state index >= 15 is 0 Å². The van der Waals surface area contributed by atoms with Crippen LogP contribution in [0.4, 0.5) is 4.39 Å². The van der Waals surface area contributed by atoms with E-state index in [0.29, 0.717) is 18.0 Å². The molecule has 0 saturated carbocycles. The summed E-state index contributed by atoms with van der Waals surface area (Å²) in [7, 11) is 0. The highest BCUT2D eigenvalue weighted by Crippen LogP contribution is 2.32. The van der Waals surface area contributed by atoms with Crippen molar-refractivity contribution in [1.29, 1.82) is 0 Å². The van der Waals surface area contributed by atoms with E-state index in [1.54, 1.807) is 19.1 Å². The third-order valence-corrected chi connectivity index (χ3v) is 3.30. The smallest absolute Gasteiger partial charge is 0.261 e. The number of hydrogen-bond acceptors (Lipinski definition) is 5. The zero-order valence-corrected chi connectivity index (χ0v) is 11.2. The zero-order chi connectivity index (χ0) is 13.9. The average molecular weight is 277 g/mol. The van der Waals surface area contributed by atoms with Gasteiger partial charge in [-0.3, -0.25) is 0 Å². The van der Waals surface area contributed by atoms with Crippen LogP contribution in [0.3, 0.4) is 0 Å². The number of ether oxygens (including phenoxy) is 1. The molecule has 1 fully saturated rings. The Morgan fingerprint density at radius 3 is 3.15 bits per heavy atom. The molecule has 3 rings (SSSR count). The van der Waals surface area contributed by atoms with Crippen molar-refractivity contribution in [2.24, 2.45) is 0 Å². The molecule has 106 valence electrons. The van der Waals surface area contributed by atoms with Crippen LogP contribution in [0.5, 0.6) is 5.75 Å². The highest BCUT2D eigenvalue weighted by Gasteiger charge is 2.23. The Kier molecular flexibility index (Phi) is 3.64. The number of halogens is 1. The second-order valence-corrected chi connectivity index (χ2v) is 4.66. The molecule has 0 radical (unpaired) electrons. The van der Waals surface area contributed by atoms with Gasteiger partial charge in [0.2, 0.25) is 0 Å². The minimum atomic E-state index is -0.428. The highest BCUT2D eigenvalue weighted by molar-refractivity contribution is 5.62. The SMILES string of the molecule is CCOc1c(F)cccc1-c1nc([C@@H]2CCCN2)no1. The fraction of sp³-hybridized carbons (Fsp3) is 0.429. The van der Waals surface area contributed by atoms with E-state index in [1.807, 2.05) is 0 Å². The number of rotatable bonds is 4. The maximum atomic E-state index is 13.8. The largest absolute Gasteiger partial charge is 0.490 e. The van der Waals surface area contributed by atoms with Crippen LogP contribution in [0.25, 0.3) is 11.5 Å². The van der Waals surface area contributed by atoms with Crippen molar-refractivity contribution >= 4 is 0 Å². The van der Waals surface area contributed by atoms with Crippen LogP contribution in [0.15, 0.2) is 22.7 Å². The fourth-order valence-corrected chi connectivity index (χ4v) is 2.36. The van der Waals surface area contributed by atoms with Crippen molar-refractivity contribution < 1.29 is 13.7 Å². The molecule has 1 aliphatic heterocycles. The normalized spacial score (nSPS) is 18.4. The maximum Gasteiger partial charge on any atom is 0.261 e. The highest BCUT2D eigenvalue weighted by atomic mass is 19.1. The van der Waals surface area contributed by atoms with E-state index < -0.39 is 5.82 Å². The molecule has 2 heterocycles. The van der Waals surface area contributed by atoms with Gasteiger partial charge in [-0.15, -0.1) is 0 Å². The molecule has 0 aliphatic carbocycles.